The first-order chi connectivity index (χ1) is 5.59. The van der Waals surface area contributed by atoms with Crippen LogP contribution in [0.3, 0.4) is 0 Å². The lowest BCUT2D eigenvalue weighted by Gasteiger charge is -2.38. The first kappa shape index (κ1) is 13.4. The van der Waals surface area contributed by atoms with Crippen LogP contribution in [0.25, 0.3) is 0 Å². The summed E-state index contributed by atoms with van der Waals surface area (Å²) in [7, 11) is -2.83. The van der Waals surface area contributed by atoms with Crippen LogP contribution in [-0.4, -0.2) is 16.6 Å². The molecule has 0 rings (SSSR count). The Hall–Kier alpha value is 0.394. The van der Waals surface area contributed by atoms with Crippen molar-refractivity contribution in [2.24, 2.45) is 0 Å². The van der Waals surface area contributed by atoms with Crippen LogP contribution in [-0.2, 0) is 4.12 Å². The van der Waals surface area contributed by atoms with Gasteiger partial charge in [0.05, 0.1) is 0 Å². The van der Waals surface area contributed by atoms with Gasteiger partial charge in [-0.1, -0.05) is 27.7 Å². The predicted octanol–water partition coefficient (Wildman–Crippen LogP) is 4.23. The maximum atomic E-state index is 6.43. The smallest absolute Gasteiger partial charge is 0.176 e. The molecule has 0 heterocycles. The highest BCUT2D eigenvalue weighted by Gasteiger charge is 2.37. The molecule has 80 valence electrons. The summed E-state index contributed by atoms with van der Waals surface area (Å²) in [6, 6.07) is 0. The van der Waals surface area contributed by atoms with Crippen molar-refractivity contribution in [1.29, 1.82) is 0 Å². The quantitative estimate of drug-likeness (QED) is 0.642. The average Bonchev–Trinajstić information content (AvgIpc) is 1.83. The van der Waals surface area contributed by atoms with Crippen molar-refractivity contribution >= 4 is 16.6 Å². The molecule has 0 unspecified atom stereocenters. The van der Waals surface area contributed by atoms with Crippen molar-refractivity contribution in [3.63, 3.8) is 0 Å². The molecule has 0 aliphatic carbocycles. The SMILES string of the molecule is CC(C)[Si](C)(C)O[Si](C)(C)C(C)C. The summed E-state index contributed by atoms with van der Waals surface area (Å²) >= 11 is 0. The highest BCUT2D eigenvalue weighted by Crippen LogP contribution is 2.30. The van der Waals surface area contributed by atoms with Crippen LogP contribution >= 0.6 is 0 Å². The fourth-order valence-corrected chi connectivity index (χ4v) is 8.22. The third kappa shape index (κ3) is 3.96. The van der Waals surface area contributed by atoms with Crippen molar-refractivity contribution in [3.8, 4) is 0 Å². The van der Waals surface area contributed by atoms with Crippen LogP contribution in [0.4, 0.5) is 0 Å². The van der Waals surface area contributed by atoms with E-state index >= 15 is 0 Å². The van der Waals surface area contributed by atoms with E-state index in [1.807, 2.05) is 0 Å². The van der Waals surface area contributed by atoms with Gasteiger partial charge in [-0.25, -0.2) is 0 Å². The topological polar surface area (TPSA) is 9.23 Å². The second kappa shape index (κ2) is 4.28. The average molecular weight is 218 g/mol. The molecule has 0 bridgehead atoms. The van der Waals surface area contributed by atoms with Gasteiger partial charge in [-0.15, -0.1) is 0 Å². The standard InChI is InChI=1S/C10H26OSi2/c1-9(2)12(5,6)11-13(7,8)10(3)4/h9-10H,1-8H3. The first-order valence-corrected chi connectivity index (χ1v) is 11.3. The molecule has 0 aromatic rings. The lowest BCUT2D eigenvalue weighted by Crippen LogP contribution is -2.47. The monoisotopic (exact) mass is 218 g/mol. The molecule has 1 nitrogen and oxygen atoms in total. The van der Waals surface area contributed by atoms with Gasteiger partial charge >= 0.3 is 0 Å². The Kier molecular flexibility index (Phi) is 4.41. The van der Waals surface area contributed by atoms with Crippen LogP contribution in [0.15, 0.2) is 0 Å². The van der Waals surface area contributed by atoms with Gasteiger partial charge < -0.3 is 4.12 Å². The van der Waals surface area contributed by atoms with Gasteiger partial charge in [0.2, 0.25) is 0 Å². The van der Waals surface area contributed by atoms with Crippen molar-refractivity contribution < 1.29 is 4.12 Å². The van der Waals surface area contributed by atoms with Crippen molar-refractivity contribution in [2.75, 3.05) is 0 Å². The molecule has 0 N–H and O–H groups in total. The van der Waals surface area contributed by atoms with Crippen LogP contribution in [0.5, 0.6) is 0 Å². The van der Waals surface area contributed by atoms with E-state index in [1.165, 1.54) is 0 Å². The van der Waals surface area contributed by atoms with Crippen molar-refractivity contribution in [3.05, 3.63) is 0 Å². The molecule has 0 spiro atoms. The maximum absolute atomic E-state index is 6.43. The highest BCUT2D eigenvalue weighted by molar-refractivity contribution is 6.86. The molecule has 13 heavy (non-hydrogen) atoms. The van der Waals surface area contributed by atoms with E-state index in [9.17, 15) is 0 Å². The van der Waals surface area contributed by atoms with E-state index in [4.69, 9.17) is 4.12 Å². The normalized spacial score (nSPS) is 14.3. The van der Waals surface area contributed by atoms with Gasteiger partial charge in [0.25, 0.3) is 0 Å². The fraction of sp³-hybridized carbons (Fsp3) is 1.00. The Morgan fingerprint density at radius 1 is 0.692 bits per heavy atom. The lowest BCUT2D eigenvalue weighted by atomic mass is 10.6. The Morgan fingerprint density at radius 2 is 0.923 bits per heavy atom. The van der Waals surface area contributed by atoms with E-state index in [0.717, 1.165) is 11.1 Å². The number of hydrogen-bond donors (Lipinski definition) is 0. The Balaban J connectivity index is 4.42. The van der Waals surface area contributed by atoms with Gasteiger partial charge in [-0.2, -0.15) is 0 Å². The first-order valence-electron chi connectivity index (χ1n) is 5.29. The van der Waals surface area contributed by atoms with E-state index in [0.29, 0.717) is 0 Å². The summed E-state index contributed by atoms with van der Waals surface area (Å²) in [4.78, 5) is 0. The molecule has 0 aliphatic heterocycles. The molecule has 0 amide bonds. The summed E-state index contributed by atoms with van der Waals surface area (Å²) in [6.07, 6.45) is 0. The van der Waals surface area contributed by atoms with E-state index < -0.39 is 16.6 Å². The van der Waals surface area contributed by atoms with Crippen molar-refractivity contribution in [1.82, 2.24) is 0 Å². The third-order valence-electron chi connectivity index (χ3n) is 3.31. The van der Waals surface area contributed by atoms with Crippen LogP contribution in [0.1, 0.15) is 27.7 Å². The van der Waals surface area contributed by atoms with Gasteiger partial charge in [-0.05, 0) is 37.3 Å². The maximum Gasteiger partial charge on any atom is 0.176 e. The second-order valence-corrected chi connectivity index (χ2v) is 15.2. The van der Waals surface area contributed by atoms with Crippen LogP contribution < -0.4 is 0 Å². The molecule has 0 radical (unpaired) electrons. The van der Waals surface area contributed by atoms with Gasteiger partial charge in [0, 0.05) is 0 Å². The largest absolute Gasteiger partial charge is 0.455 e. The zero-order valence-corrected chi connectivity index (χ0v) is 12.6. The molecule has 0 aromatic carbocycles. The van der Waals surface area contributed by atoms with Gasteiger partial charge in [-0.3, -0.25) is 0 Å². The molecule has 0 fully saturated rings. The summed E-state index contributed by atoms with van der Waals surface area (Å²) in [5.74, 6) is 0. The van der Waals surface area contributed by atoms with Gasteiger partial charge in [0.15, 0.2) is 16.6 Å². The van der Waals surface area contributed by atoms with E-state index in [-0.39, 0.29) is 0 Å². The summed E-state index contributed by atoms with van der Waals surface area (Å²) in [5, 5.41) is 0. The lowest BCUT2D eigenvalue weighted by molar-refractivity contribution is 0.511. The molecule has 0 aliphatic rings. The molecule has 3 heteroatoms. The molecular formula is C10H26OSi2. The summed E-state index contributed by atoms with van der Waals surface area (Å²) in [6.45, 7) is 18.5. The third-order valence-corrected chi connectivity index (χ3v) is 13.1. The van der Waals surface area contributed by atoms with Crippen LogP contribution in [0.2, 0.25) is 37.3 Å². The second-order valence-electron chi connectivity index (χ2n) is 5.62. The number of rotatable bonds is 4. The molecule has 0 aromatic heterocycles. The fourth-order valence-electron chi connectivity index (χ4n) is 0.914. The predicted molar refractivity (Wildman–Crippen MR) is 66.2 cm³/mol. The zero-order chi connectivity index (χ0) is 10.9. The van der Waals surface area contributed by atoms with Gasteiger partial charge in [0.1, 0.15) is 0 Å². The number of hydrogen-bond acceptors (Lipinski definition) is 1. The minimum Gasteiger partial charge on any atom is -0.455 e. The summed E-state index contributed by atoms with van der Waals surface area (Å²) in [5.41, 5.74) is 1.44. The molecule has 0 atom stereocenters. The Labute approximate surface area is 86.1 Å². The van der Waals surface area contributed by atoms with Crippen molar-refractivity contribution in [2.45, 2.75) is 65.0 Å². The summed E-state index contributed by atoms with van der Waals surface area (Å²) < 4.78 is 6.43. The van der Waals surface area contributed by atoms with E-state index in [1.54, 1.807) is 0 Å². The Morgan fingerprint density at radius 3 is 1.08 bits per heavy atom. The Bertz CT molecular complexity index is 144. The van der Waals surface area contributed by atoms with E-state index in [2.05, 4.69) is 53.9 Å². The zero-order valence-electron chi connectivity index (χ0n) is 10.6. The minimum absolute atomic E-state index is 0.720. The molecule has 0 saturated heterocycles. The minimum atomic E-state index is -1.42. The molecular weight excluding hydrogens is 192 g/mol. The van der Waals surface area contributed by atoms with Crippen LogP contribution in [0, 0.1) is 0 Å². The highest BCUT2D eigenvalue weighted by atomic mass is 28.4. The molecule has 0 saturated carbocycles.